The van der Waals surface area contributed by atoms with Crippen molar-refractivity contribution < 1.29 is 14.3 Å². The average molecular weight is 241 g/mol. The Morgan fingerprint density at radius 3 is 2.53 bits per heavy atom. The Hall–Kier alpha value is -0.610. The van der Waals surface area contributed by atoms with Crippen LogP contribution >= 0.6 is 0 Å². The molecule has 0 amide bonds. The lowest BCUT2D eigenvalue weighted by Gasteiger charge is -2.34. The molecule has 4 heteroatoms. The molecule has 0 N–H and O–H groups in total. The molecule has 0 aromatic heterocycles. The third-order valence-corrected chi connectivity index (χ3v) is 3.73. The topological polar surface area (TPSA) is 38.8 Å². The first-order valence-corrected chi connectivity index (χ1v) is 6.70. The van der Waals surface area contributed by atoms with Crippen LogP contribution < -0.4 is 0 Å². The number of ether oxygens (including phenoxy) is 2. The minimum atomic E-state index is -0.207. The van der Waals surface area contributed by atoms with E-state index in [4.69, 9.17) is 9.47 Å². The maximum absolute atomic E-state index is 11.9. The fourth-order valence-corrected chi connectivity index (χ4v) is 2.65. The second kappa shape index (κ2) is 5.83. The highest BCUT2D eigenvalue weighted by Gasteiger charge is 2.31. The third-order valence-electron chi connectivity index (χ3n) is 3.73. The van der Waals surface area contributed by atoms with Crippen molar-refractivity contribution in [3.8, 4) is 0 Å². The summed E-state index contributed by atoms with van der Waals surface area (Å²) >= 11 is 0. The minimum Gasteiger partial charge on any atom is -0.458 e. The van der Waals surface area contributed by atoms with E-state index in [0.717, 1.165) is 39.1 Å². The minimum absolute atomic E-state index is 0.0729. The summed E-state index contributed by atoms with van der Waals surface area (Å²) < 4.78 is 10.9. The van der Waals surface area contributed by atoms with Gasteiger partial charge in [-0.1, -0.05) is 6.42 Å². The number of rotatable bonds is 3. The fraction of sp³-hybridized carbons (Fsp3) is 0.923. The fourth-order valence-electron chi connectivity index (χ4n) is 2.65. The Bertz CT molecular complexity index is 255. The maximum Gasteiger partial charge on any atom is 0.320 e. The van der Waals surface area contributed by atoms with Crippen molar-refractivity contribution in [1.82, 2.24) is 4.90 Å². The largest absolute Gasteiger partial charge is 0.458 e. The Balaban J connectivity index is 1.75. The summed E-state index contributed by atoms with van der Waals surface area (Å²) in [7, 11) is 0. The lowest BCUT2D eigenvalue weighted by molar-refractivity contribution is -0.163. The monoisotopic (exact) mass is 241 g/mol. The number of hydrogen-bond donors (Lipinski definition) is 0. The van der Waals surface area contributed by atoms with E-state index in [1.165, 1.54) is 19.3 Å². The molecule has 1 heterocycles. The Labute approximate surface area is 103 Å². The third kappa shape index (κ3) is 3.96. The first-order chi connectivity index (χ1) is 8.18. The first-order valence-electron chi connectivity index (χ1n) is 6.70. The van der Waals surface area contributed by atoms with Crippen molar-refractivity contribution >= 4 is 5.97 Å². The summed E-state index contributed by atoms with van der Waals surface area (Å²) in [5, 5.41) is 0. The first kappa shape index (κ1) is 12.8. The van der Waals surface area contributed by atoms with Crippen molar-refractivity contribution in [2.24, 2.45) is 0 Å². The van der Waals surface area contributed by atoms with E-state index < -0.39 is 0 Å². The van der Waals surface area contributed by atoms with Crippen molar-refractivity contribution in [3.05, 3.63) is 0 Å². The van der Waals surface area contributed by atoms with Crippen molar-refractivity contribution in [3.63, 3.8) is 0 Å². The molecule has 2 rings (SSSR count). The summed E-state index contributed by atoms with van der Waals surface area (Å²) in [6, 6.07) is 0. The van der Waals surface area contributed by atoms with E-state index >= 15 is 0 Å². The molecule has 1 saturated heterocycles. The van der Waals surface area contributed by atoms with Gasteiger partial charge in [-0.05, 0) is 32.6 Å². The lowest BCUT2D eigenvalue weighted by Crippen LogP contribution is -2.43. The van der Waals surface area contributed by atoms with Crippen LogP contribution in [0.15, 0.2) is 0 Å². The van der Waals surface area contributed by atoms with Gasteiger partial charge in [0.1, 0.15) is 5.60 Å². The maximum atomic E-state index is 11.9. The summed E-state index contributed by atoms with van der Waals surface area (Å²) in [6.07, 6.45) is 5.67. The van der Waals surface area contributed by atoms with Crippen molar-refractivity contribution in [1.29, 1.82) is 0 Å². The van der Waals surface area contributed by atoms with Crippen LogP contribution in [0.1, 0.15) is 39.0 Å². The van der Waals surface area contributed by atoms with Gasteiger partial charge in [0.25, 0.3) is 0 Å². The average Bonchev–Trinajstić information content (AvgIpc) is 2.30. The van der Waals surface area contributed by atoms with Crippen LogP contribution in [-0.2, 0) is 14.3 Å². The van der Waals surface area contributed by atoms with Gasteiger partial charge in [0.2, 0.25) is 0 Å². The molecule has 2 aliphatic rings. The molecule has 0 spiro atoms. The molecule has 1 saturated carbocycles. The predicted molar refractivity (Wildman–Crippen MR) is 64.8 cm³/mol. The van der Waals surface area contributed by atoms with Gasteiger partial charge in [-0.25, -0.2) is 0 Å². The molecule has 1 aliphatic heterocycles. The highest BCUT2D eigenvalue weighted by atomic mass is 16.6. The predicted octanol–water partition coefficient (Wildman–Crippen LogP) is 1.58. The summed E-state index contributed by atoms with van der Waals surface area (Å²) in [5.74, 6) is -0.0729. The Morgan fingerprint density at radius 1 is 1.24 bits per heavy atom. The molecule has 98 valence electrons. The van der Waals surface area contributed by atoms with E-state index in [0.29, 0.717) is 6.54 Å². The zero-order valence-corrected chi connectivity index (χ0v) is 10.7. The highest BCUT2D eigenvalue weighted by Crippen LogP contribution is 2.31. The van der Waals surface area contributed by atoms with Gasteiger partial charge < -0.3 is 9.47 Å². The van der Waals surface area contributed by atoms with Gasteiger partial charge in [0.05, 0.1) is 19.8 Å². The molecule has 1 aliphatic carbocycles. The molecule has 0 aromatic rings. The summed E-state index contributed by atoms with van der Waals surface area (Å²) in [4.78, 5) is 14.0. The van der Waals surface area contributed by atoms with E-state index in [2.05, 4.69) is 11.8 Å². The molecule has 0 unspecified atom stereocenters. The van der Waals surface area contributed by atoms with Crippen LogP contribution in [-0.4, -0.2) is 49.3 Å². The molecule has 0 bridgehead atoms. The SMILES string of the molecule is CC1(OC(=O)CN2CCOCC2)CCCCC1. The standard InChI is InChI=1S/C13H23NO3/c1-13(5-3-2-4-6-13)17-12(15)11-14-7-9-16-10-8-14/h2-11H2,1H3. The quantitative estimate of drug-likeness (QED) is 0.703. The van der Waals surface area contributed by atoms with Gasteiger partial charge in [0, 0.05) is 13.1 Å². The molecule has 4 nitrogen and oxygen atoms in total. The van der Waals surface area contributed by atoms with Crippen molar-refractivity contribution in [2.75, 3.05) is 32.8 Å². The smallest absolute Gasteiger partial charge is 0.320 e. The number of hydrogen-bond acceptors (Lipinski definition) is 4. The number of carbonyl (C=O) groups excluding carboxylic acids is 1. The Morgan fingerprint density at radius 2 is 1.88 bits per heavy atom. The van der Waals surface area contributed by atoms with Gasteiger partial charge in [-0.3, -0.25) is 9.69 Å². The molecule has 17 heavy (non-hydrogen) atoms. The van der Waals surface area contributed by atoms with E-state index in [1.54, 1.807) is 0 Å². The lowest BCUT2D eigenvalue weighted by atomic mass is 9.86. The molecule has 0 aromatic carbocycles. The second-order valence-corrected chi connectivity index (χ2v) is 5.37. The van der Waals surface area contributed by atoms with Crippen LogP contribution in [0.25, 0.3) is 0 Å². The number of nitrogens with zero attached hydrogens (tertiary/aromatic N) is 1. The van der Waals surface area contributed by atoms with E-state index in [-0.39, 0.29) is 11.6 Å². The van der Waals surface area contributed by atoms with Crippen LogP contribution in [0.4, 0.5) is 0 Å². The van der Waals surface area contributed by atoms with E-state index in [9.17, 15) is 4.79 Å². The molecule has 0 radical (unpaired) electrons. The van der Waals surface area contributed by atoms with Gasteiger partial charge in [0.15, 0.2) is 0 Å². The van der Waals surface area contributed by atoms with Gasteiger partial charge >= 0.3 is 5.97 Å². The zero-order chi connectivity index (χ0) is 12.1. The molecule has 2 fully saturated rings. The van der Waals surface area contributed by atoms with Crippen LogP contribution in [0.3, 0.4) is 0 Å². The number of esters is 1. The molecular formula is C13H23NO3. The number of morpholine rings is 1. The van der Waals surface area contributed by atoms with Gasteiger partial charge in [-0.15, -0.1) is 0 Å². The molecule has 0 atom stereocenters. The second-order valence-electron chi connectivity index (χ2n) is 5.37. The molecular weight excluding hydrogens is 218 g/mol. The zero-order valence-electron chi connectivity index (χ0n) is 10.7. The van der Waals surface area contributed by atoms with Gasteiger partial charge in [-0.2, -0.15) is 0 Å². The van der Waals surface area contributed by atoms with Crippen LogP contribution in [0.5, 0.6) is 0 Å². The van der Waals surface area contributed by atoms with Crippen LogP contribution in [0.2, 0.25) is 0 Å². The Kier molecular flexibility index (Phi) is 4.40. The highest BCUT2D eigenvalue weighted by molar-refractivity contribution is 5.72. The van der Waals surface area contributed by atoms with Crippen molar-refractivity contribution in [2.45, 2.75) is 44.6 Å². The van der Waals surface area contributed by atoms with Crippen LogP contribution in [0, 0.1) is 0 Å². The van der Waals surface area contributed by atoms with E-state index in [1.807, 2.05) is 0 Å². The number of carbonyl (C=O) groups is 1. The summed E-state index contributed by atoms with van der Waals surface area (Å²) in [6.45, 7) is 5.62. The normalized spacial score (nSPS) is 25.5. The summed E-state index contributed by atoms with van der Waals surface area (Å²) in [5.41, 5.74) is -0.207.